The van der Waals surface area contributed by atoms with E-state index in [0.717, 1.165) is 51.4 Å². The van der Waals surface area contributed by atoms with Crippen LogP contribution >= 0.6 is 0 Å². The van der Waals surface area contributed by atoms with E-state index >= 15 is 0 Å². The zero-order chi connectivity index (χ0) is 15.5. The molecule has 0 bridgehead atoms. The van der Waals surface area contributed by atoms with Gasteiger partial charge in [-0.3, -0.25) is 0 Å². The fourth-order valence-corrected chi connectivity index (χ4v) is 2.76. The van der Waals surface area contributed by atoms with Crippen molar-refractivity contribution in [2.75, 3.05) is 0 Å². The van der Waals surface area contributed by atoms with Crippen LogP contribution in [0.5, 0.6) is 0 Å². The van der Waals surface area contributed by atoms with Gasteiger partial charge in [-0.2, -0.15) is 0 Å². The highest BCUT2D eigenvalue weighted by Crippen LogP contribution is 2.29. The smallest absolute Gasteiger partial charge is 0.0755 e. The molecule has 0 aromatic heterocycles. The summed E-state index contributed by atoms with van der Waals surface area (Å²) in [5.74, 6) is 6.01. The third-order valence-corrected chi connectivity index (χ3v) is 4.13. The van der Waals surface area contributed by atoms with E-state index in [2.05, 4.69) is 43.9 Å². The second-order valence-electron chi connectivity index (χ2n) is 5.92. The van der Waals surface area contributed by atoms with Gasteiger partial charge >= 0.3 is 0 Å². The van der Waals surface area contributed by atoms with E-state index in [4.69, 9.17) is 0 Å². The first-order valence-electron chi connectivity index (χ1n) is 8.22. The summed E-state index contributed by atoms with van der Waals surface area (Å²) in [5, 5.41) is 9.86. The molecule has 0 aromatic carbocycles. The molecule has 0 fully saturated rings. The van der Waals surface area contributed by atoms with Gasteiger partial charge in [0.2, 0.25) is 0 Å². The number of allylic oxidation sites excluding steroid dienone is 5. The topological polar surface area (TPSA) is 20.2 Å². The molecule has 21 heavy (non-hydrogen) atoms. The fraction of sp³-hybridized carbons (Fsp3) is 0.600. The van der Waals surface area contributed by atoms with Crippen molar-refractivity contribution in [3.63, 3.8) is 0 Å². The predicted octanol–water partition coefficient (Wildman–Crippen LogP) is 5.32. The Hall–Kier alpha value is -1.26. The normalized spacial score (nSPS) is 19.2. The standard InChI is InChI=1S/C20H30O/c1-4-5-6-9-12-17(2)13-10-7-8-11-14-19-18(3)15-16-20(19)21/h7-8,12,20-21H,6,9-11,13-16H2,1-3H3. The molecule has 1 N–H and O–H groups in total. The van der Waals surface area contributed by atoms with Crippen LogP contribution < -0.4 is 0 Å². The summed E-state index contributed by atoms with van der Waals surface area (Å²) in [6.45, 7) is 6.26. The molecule has 0 heterocycles. The van der Waals surface area contributed by atoms with Crippen LogP contribution in [0.25, 0.3) is 0 Å². The highest BCUT2D eigenvalue weighted by atomic mass is 16.3. The molecular weight excluding hydrogens is 256 g/mol. The number of aliphatic hydroxyl groups is 1. The van der Waals surface area contributed by atoms with Crippen molar-refractivity contribution in [3.05, 3.63) is 34.9 Å². The van der Waals surface area contributed by atoms with Crippen LogP contribution in [-0.2, 0) is 0 Å². The van der Waals surface area contributed by atoms with Crippen LogP contribution in [0, 0.1) is 11.8 Å². The zero-order valence-electron chi connectivity index (χ0n) is 13.9. The first kappa shape index (κ1) is 17.8. The van der Waals surface area contributed by atoms with E-state index in [1.807, 2.05) is 6.92 Å². The first-order chi connectivity index (χ1) is 10.1. The molecule has 1 atom stereocenters. The van der Waals surface area contributed by atoms with Gasteiger partial charge in [0.1, 0.15) is 0 Å². The van der Waals surface area contributed by atoms with Crippen molar-refractivity contribution in [1.29, 1.82) is 0 Å². The minimum absolute atomic E-state index is 0.171. The van der Waals surface area contributed by atoms with Gasteiger partial charge in [0.15, 0.2) is 0 Å². The van der Waals surface area contributed by atoms with Crippen LogP contribution in [0.4, 0.5) is 0 Å². The summed E-state index contributed by atoms with van der Waals surface area (Å²) in [5.41, 5.74) is 4.15. The molecule has 1 aliphatic carbocycles. The molecule has 0 saturated heterocycles. The van der Waals surface area contributed by atoms with Gasteiger partial charge in [0.05, 0.1) is 6.10 Å². The molecular formula is C20H30O. The molecule has 0 spiro atoms. The second kappa shape index (κ2) is 10.5. The largest absolute Gasteiger partial charge is 0.389 e. The van der Waals surface area contributed by atoms with Gasteiger partial charge in [-0.05, 0) is 71.3 Å². The number of unbranched alkanes of at least 4 members (excludes halogenated alkanes) is 1. The molecule has 0 amide bonds. The number of aliphatic hydroxyl groups excluding tert-OH is 1. The van der Waals surface area contributed by atoms with E-state index in [1.54, 1.807) is 0 Å². The molecule has 1 heteroatoms. The fourth-order valence-electron chi connectivity index (χ4n) is 2.76. The molecule has 0 saturated carbocycles. The maximum absolute atomic E-state index is 9.86. The number of rotatable bonds is 8. The van der Waals surface area contributed by atoms with Crippen molar-refractivity contribution in [1.82, 2.24) is 0 Å². The van der Waals surface area contributed by atoms with E-state index < -0.39 is 0 Å². The quantitative estimate of drug-likeness (QED) is 0.363. The highest BCUT2D eigenvalue weighted by Gasteiger charge is 2.19. The zero-order valence-corrected chi connectivity index (χ0v) is 13.9. The average Bonchev–Trinajstić information content (AvgIpc) is 2.78. The maximum Gasteiger partial charge on any atom is 0.0755 e. The lowest BCUT2D eigenvalue weighted by atomic mass is 10.0. The van der Waals surface area contributed by atoms with E-state index in [9.17, 15) is 5.11 Å². The van der Waals surface area contributed by atoms with E-state index in [0.29, 0.717) is 0 Å². The Bertz CT molecular complexity index is 454. The second-order valence-corrected chi connectivity index (χ2v) is 5.92. The summed E-state index contributed by atoms with van der Waals surface area (Å²) in [4.78, 5) is 0. The third-order valence-electron chi connectivity index (χ3n) is 4.13. The lowest BCUT2D eigenvalue weighted by Crippen LogP contribution is -2.04. The Labute approximate surface area is 130 Å². The van der Waals surface area contributed by atoms with Gasteiger partial charge in [-0.1, -0.05) is 29.4 Å². The summed E-state index contributed by atoms with van der Waals surface area (Å²) >= 11 is 0. The van der Waals surface area contributed by atoms with Crippen molar-refractivity contribution in [2.45, 2.75) is 78.2 Å². The Morgan fingerprint density at radius 3 is 2.71 bits per heavy atom. The van der Waals surface area contributed by atoms with Crippen molar-refractivity contribution < 1.29 is 5.11 Å². The van der Waals surface area contributed by atoms with Gasteiger partial charge in [-0.25, -0.2) is 0 Å². The molecule has 1 nitrogen and oxygen atoms in total. The summed E-state index contributed by atoms with van der Waals surface area (Å²) in [6.07, 6.45) is 15.1. The van der Waals surface area contributed by atoms with Crippen LogP contribution in [0.2, 0.25) is 0 Å². The Balaban J connectivity index is 2.14. The first-order valence-corrected chi connectivity index (χ1v) is 8.22. The van der Waals surface area contributed by atoms with Crippen molar-refractivity contribution in [3.8, 4) is 11.8 Å². The van der Waals surface area contributed by atoms with Crippen LogP contribution in [0.1, 0.15) is 72.1 Å². The highest BCUT2D eigenvalue weighted by molar-refractivity contribution is 5.22. The van der Waals surface area contributed by atoms with Gasteiger partial charge in [0, 0.05) is 6.42 Å². The Kier molecular flexibility index (Phi) is 8.87. The molecule has 0 aromatic rings. The number of hydrogen-bond acceptors (Lipinski definition) is 1. The SMILES string of the molecule is CC#CCCC=C(C)CCC=CCCC1=C(C)CCC1O. The van der Waals surface area contributed by atoms with Gasteiger partial charge in [-0.15, -0.1) is 11.8 Å². The molecule has 1 unspecified atom stereocenters. The molecule has 0 aliphatic heterocycles. The maximum atomic E-state index is 9.86. The molecule has 116 valence electrons. The Morgan fingerprint density at radius 1 is 1.29 bits per heavy atom. The summed E-state index contributed by atoms with van der Waals surface area (Å²) < 4.78 is 0. The molecule has 0 radical (unpaired) electrons. The molecule has 1 rings (SSSR count). The minimum Gasteiger partial charge on any atom is -0.389 e. The van der Waals surface area contributed by atoms with Crippen LogP contribution in [0.15, 0.2) is 34.9 Å². The third kappa shape index (κ3) is 7.34. The lowest BCUT2D eigenvalue weighted by molar-refractivity contribution is 0.208. The van der Waals surface area contributed by atoms with Crippen molar-refractivity contribution in [2.24, 2.45) is 0 Å². The van der Waals surface area contributed by atoms with E-state index in [-0.39, 0.29) is 6.10 Å². The van der Waals surface area contributed by atoms with Crippen molar-refractivity contribution >= 4 is 0 Å². The molecule has 1 aliphatic rings. The van der Waals surface area contributed by atoms with E-state index in [1.165, 1.54) is 16.7 Å². The number of hydrogen-bond donors (Lipinski definition) is 1. The van der Waals surface area contributed by atoms with Crippen LogP contribution in [0.3, 0.4) is 0 Å². The summed E-state index contributed by atoms with van der Waals surface area (Å²) in [7, 11) is 0. The minimum atomic E-state index is -0.171. The Morgan fingerprint density at radius 2 is 2.05 bits per heavy atom. The summed E-state index contributed by atoms with van der Waals surface area (Å²) in [6, 6.07) is 0. The monoisotopic (exact) mass is 286 g/mol. The van der Waals surface area contributed by atoms with Crippen LogP contribution in [-0.4, -0.2) is 11.2 Å². The predicted molar refractivity (Wildman–Crippen MR) is 92.0 cm³/mol. The van der Waals surface area contributed by atoms with Gasteiger partial charge in [0.25, 0.3) is 0 Å². The average molecular weight is 286 g/mol. The van der Waals surface area contributed by atoms with Gasteiger partial charge < -0.3 is 5.11 Å². The lowest BCUT2D eigenvalue weighted by Gasteiger charge is -2.07.